The Balaban J connectivity index is 4.26. The van der Waals surface area contributed by atoms with Crippen molar-refractivity contribution < 1.29 is 0 Å². The zero-order valence-corrected chi connectivity index (χ0v) is 5.78. The predicted molar refractivity (Wildman–Crippen MR) is 36.3 cm³/mol. The lowest BCUT2D eigenvalue weighted by Gasteiger charge is -2.15. The topological polar surface area (TPSA) is 26.0 Å². The molecule has 0 rings (SSSR count). The van der Waals surface area contributed by atoms with Crippen LogP contribution in [0.3, 0.4) is 0 Å². The largest absolute Gasteiger partial charge is 0.395 e. The number of hydrogen-bond acceptors (Lipinski definition) is 1. The summed E-state index contributed by atoms with van der Waals surface area (Å²) in [5.74, 6) is 0. The summed E-state index contributed by atoms with van der Waals surface area (Å²) in [6.45, 7) is 9.52. The van der Waals surface area contributed by atoms with E-state index in [1.807, 2.05) is 20.8 Å². The lowest BCUT2D eigenvalue weighted by atomic mass is 9.93. The highest BCUT2D eigenvalue weighted by Gasteiger charge is 2.11. The van der Waals surface area contributed by atoms with Gasteiger partial charge in [-0.1, -0.05) is 27.4 Å². The van der Waals surface area contributed by atoms with Crippen molar-refractivity contribution >= 4 is 0 Å². The summed E-state index contributed by atoms with van der Waals surface area (Å²) in [5, 5.41) is 0. The second-order valence-electron chi connectivity index (χ2n) is 2.84. The van der Waals surface area contributed by atoms with E-state index >= 15 is 0 Å². The van der Waals surface area contributed by atoms with Crippen molar-refractivity contribution in [2.75, 3.05) is 0 Å². The molecule has 0 radical (unpaired) electrons. The molecule has 0 atom stereocenters. The summed E-state index contributed by atoms with van der Waals surface area (Å²) in [6, 6.07) is 0. The third-order valence-corrected chi connectivity index (χ3v) is 0.998. The molecule has 0 aromatic rings. The highest BCUT2D eigenvalue weighted by atomic mass is 14.6. The van der Waals surface area contributed by atoms with Gasteiger partial charge >= 0.3 is 0 Å². The van der Waals surface area contributed by atoms with Crippen molar-refractivity contribution in [3.8, 4) is 0 Å². The van der Waals surface area contributed by atoms with Gasteiger partial charge in [0.1, 0.15) is 0 Å². The third kappa shape index (κ3) is 1.85. The van der Waals surface area contributed by atoms with Gasteiger partial charge in [0, 0.05) is 5.41 Å². The molecule has 0 fully saturated rings. The molecule has 0 saturated carbocycles. The summed E-state index contributed by atoms with van der Waals surface area (Å²) in [5.41, 5.74) is 8.89. The van der Waals surface area contributed by atoms with Crippen LogP contribution >= 0.6 is 0 Å². The fraction of sp³-hybridized carbons (Fsp3) is 0.571. The second-order valence-corrected chi connectivity index (χ2v) is 2.84. The Kier molecular flexibility index (Phi) is 1.88. The van der Waals surface area contributed by atoms with E-state index in [1.165, 1.54) is 0 Å². The molecule has 0 amide bonds. The Morgan fingerprint density at radius 1 is 1.50 bits per heavy atom. The average molecular weight is 111 g/mol. The fourth-order valence-corrected chi connectivity index (χ4v) is 0.265. The van der Waals surface area contributed by atoms with Gasteiger partial charge in [-0.15, -0.1) is 5.73 Å². The summed E-state index contributed by atoms with van der Waals surface area (Å²) in [7, 11) is 0. The Bertz CT molecular complexity index is 122. The van der Waals surface area contributed by atoms with E-state index in [9.17, 15) is 0 Å². The van der Waals surface area contributed by atoms with Gasteiger partial charge < -0.3 is 5.73 Å². The van der Waals surface area contributed by atoms with Crippen LogP contribution < -0.4 is 5.73 Å². The summed E-state index contributed by atoms with van der Waals surface area (Å²) < 4.78 is 0. The van der Waals surface area contributed by atoms with Crippen molar-refractivity contribution in [3.63, 3.8) is 0 Å². The van der Waals surface area contributed by atoms with Gasteiger partial charge in [0.25, 0.3) is 0 Å². The SMILES string of the molecule is C=C=C(N)C(C)(C)C. The molecule has 46 valence electrons. The Labute approximate surface area is 50.9 Å². The van der Waals surface area contributed by atoms with Crippen LogP contribution in [0.4, 0.5) is 0 Å². The van der Waals surface area contributed by atoms with Crippen LogP contribution in [0.5, 0.6) is 0 Å². The van der Waals surface area contributed by atoms with Gasteiger partial charge in [-0.3, -0.25) is 0 Å². The maximum absolute atomic E-state index is 5.49. The molecule has 1 heteroatoms. The van der Waals surface area contributed by atoms with E-state index in [0.29, 0.717) is 0 Å². The predicted octanol–water partition coefficient (Wildman–Crippen LogP) is 1.66. The zero-order valence-electron chi connectivity index (χ0n) is 5.78. The van der Waals surface area contributed by atoms with Gasteiger partial charge in [-0.05, 0) is 0 Å². The van der Waals surface area contributed by atoms with E-state index < -0.39 is 0 Å². The van der Waals surface area contributed by atoms with E-state index in [1.54, 1.807) is 0 Å². The van der Waals surface area contributed by atoms with Crippen molar-refractivity contribution in [1.82, 2.24) is 0 Å². The molecule has 0 aliphatic rings. The molecule has 8 heavy (non-hydrogen) atoms. The minimum absolute atomic E-state index is 0.0295. The number of nitrogens with two attached hydrogens (primary N) is 1. The summed E-state index contributed by atoms with van der Waals surface area (Å²) in [4.78, 5) is 0. The summed E-state index contributed by atoms with van der Waals surface area (Å²) in [6.07, 6.45) is 0. The van der Waals surface area contributed by atoms with Crippen LogP contribution in [0.2, 0.25) is 0 Å². The van der Waals surface area contributed by atoms with E-state index in [4.69, 9.17) is 5.73 Å². The van der Waals surface area contributed by atoms with Crippen LogP contribution in [0.25, 0.3) is 0 Å². The second kappa shape index (κ2) is 2.06. The first-order valence-corrected chi connectivity index (χ1v) is 2.64. The molecular formula is C7H13N. The van der Waals surface area contributed by atoms with Crippen LogP contribution in [0.15, 0.2) is 18.0 Å². The zero-order chi connectivity index (χ0) is 6.78. The third-order valence-electron chi connectivity index (χ3n) is 0.998. The first-order valence-electron chi connectivity index (χ1n) is 2.64. The minimum atomic E-state index is 0.0295. The number of hydrogen-bond donors (Lipinski definition) is 1. The summed E-state index contributed by atoms with van der Waals surface area (Å²) >= 11 is 0. The van der Waals surface area contributed by atoms with Crippen molar-refractivity contribution in [1.29, 1.82) is 0 Å². The van der Waals surface area contributed by atoms with E-state index in [-0.39, 0.29) is 5.41 Å². The minimum Gasteiger partial charge on any atom is -0.395 e. The highest BCUT2D eigenvalue weighted by Crippen LogP contribution is 2.18. The molecule has 2 N–H and O–H groups in total. The maximum Gasteiger partial charge on any atom is 0.0560 e. The van der Waals surface area contributed by atoms with Crippen molar-refractivity contribution in [2.24, 2.45) is 11.1 Å². The molecule has 0 aliphatic carbocycles. The highest BCUT2D eigenvalue weighted by molar-refractivity contribution is 5.02. The molecule has 1 nitrogen and oxygen atoms in total. The normalized spacial score (nSPS) is 10.4. The quantitative estimate of drug-likeness (QED) is 0.473. The standard InChI is InChI=1S/C7H13N/c1-5-6(8)7(2,3)4/h1,8H2,2-4H3. The first-order chi connectivity index (χ1) is 3.48. The molecule has 0 aromatic heterocycles. The van der Waals surface area contributed by atoms with Gasteiger partial charge in [-0.25, -0.2) is 0 Å². The van der Waals surface area contributed by atoms with Crippen LogP contribution in [0.1, 0.15) is 20.8 Å². The monoisotopic (exact) mass is 111 g/mol. The molecule has 0 saturated heterocycles. The Morgan fingerprint density at radius 3 is 1.88 bits per heavy atom. The lowest BCUT2D eigenvalue weighted by Crippen LogP contribution is -2.15. The molecule has 0 spiro atoms. The number of rotatable bonds is 0. The molecule has 0 aromatic carbocycles. The van der Waals surface area contributed by atoms with Crippen molar-refractivity contribution in [2.45, 2.75) is 20.8 Å². The Hall–Kier alpha value is -0.680. The Morgan fingerprint density at radius 2 is 1.88 bits per heavy atom. The van der Waals surface area contributed by atoms with E-state index in [2.05, 4.69) is 12.3 Å². The molecular weight excluding hydrogens is 98.1 g/mol. The fourth-order valence-electron chi connectivity index (χ4n) is 0.265. The van der Waals surface area contributed by atoms with Gasteiger partial charge in [0.05, 0.1) is 5.70 Å². The molecule has 0 bridgehead atoms. The smallest absolute Gasteiger partial charge is 0.0560 e. The van der Waals surface area contributed by atoms with Gasteiger partial charge in [0.2, 0.25) is 0 Å². The van der Waals surface area contributed by atoms with Crippen molar-refractivity contribution in [3.05, 3.63) is 18.0 Å². The van der Waals surface area contributed by atoms with Gasteiger partial charge in [0.15, 0.2) is 0 Å². The lowest BCUT2D eigenvalue weighted by molar-refractivity contribution is 0.499. The average Bonchev–Trinajstić information content (AvgIpc) is 1.62. The molecule has 0 heterocycles. The van der Waals surface area contributed by atoms with Crippen LogP contribution in [-0.2, 0) is 0 Å². The number of allylic oxidation sites excluding steroid dienone is 1. The molecule has 0 aliphatic heterocycles. The first kappa shape index (κ1) is 7.32. The van der Waals surface area contributed by atoms with E-state index in [0.717, 1.165) is 5.70 Å². The van der Waals surface area contributed by atoms with Crippen LogP contribution in [0, 0.1) is 5.41 Å². The molecule has 0 unspecified atom stereocenters. The van der Waals surface area contributed by atoms with Crippen LogP contribution in [-0.4, -0.2) is 0 Å². The maximum atomic E-state index is 5.49. The van der Waals surface area contributed by atoms with Gasteiger partial charge in [-0.2, -0.15) is 0 Å².